The van der Waals surface area contributed by atoms with Crippen LogP contribution in [0.3, 0.4) is 0 Å². The lowest BCUT2D eigenvalue weighted by Gasteiger charge is -2.39. The second kappa shape index (κ2) is 3.68. The summed E-state index contributed by atoms with van der Waals surface area (Å²) in [6, 6.07) is 0. The molecule has 3 heteroatoms. The van der Waals surface area contributed by atoms with Crippen LogP contribution in [-0.4, -0.2) is 30.2 Å². The smallest absolute Gasteiger partial charge is 0.195 e. The van der Waals surface area contributed by atoms with E-state index in [4.69, 9.17) is 4.74 Å². The van der Waals surface area contributed by atoms with Crippen molar-refractivity contribution in [1.82, 2.24) is 0 Å². The minimum absolute atomic E-state index is 0.129. The van der Waals surface area contributed by atoms with Gasteiger partial charge in [0.05, 0.1) is 6.61 Å². The van der Waals surface area contributed by atoms with Crippen LogP contribution in [0.25, 0.3) is 0 Å². The minimum Gasteiger partial charge on any atom is -0.381 e. The molecule has 3 aliphatic carbocycles. The van der Waals surface area contributed by atoms with Gasteiger partial charge >= 0.3 is 0 Å². The molecule has 3 rings (SSSR count). The highest BCUT2D eigenvalue weighted by molar-refractivity contribution is 6.10. The van der Waals surface area contributed by atoms with Gasteiger partial charge in [-0.1, -0.05) is 5.57 Å². The molecule has 0 aromatic heterocycles. The van der Waals surface area contributed by atoms with Gasteiger partial charge in [-0.2, -0.15) is 0 Å². The van der Waals surface area contributed by atoms with Crippen LogP contribution in [0.4, 0.5) is 0 Å². The Hall–Kier alpha value is -1.19. The lowest BCUT2D eigenvalue weighted by Crippen LogP contribution is -2.49. The minimum atomic E-state index is -1.25. The van der Waals surface area contributed by atoms with Gasteiger partial charge in [-0.05, 0) is 56.4 Å². The van der Waals surface area contributed by atoms with E-state index in [-0.39, 0.29) is 11.2 Å². The molecule has 0 aromatic carbocycles. The first-order valence-electron chi connectivity index (χ1n) is 6.76. The Morgan fingerprint density at radius 3 is 2.53 bits per heavy atom. The number of ether oxygens (including phenoxy) is 1. The quantitative estimate of drug-likeness (QED) is 0.829. The molecule has 1 spiro atoms. The Balaban J connectivity index is 2.21. The molecule has 19 heavy (non-hydrogen) atoms. The predicted octanol–water partition coefficient (Wildman–Crippen LogP) is 2.32. The first-order chi connectivity index (χ1) is 8.87. The number of carbonyl (C=O) groups is 1. The van der Waals surface area contributed by atoms with E-state index in [9.17, 15) is 9.90 Å². The lowest BCUT2D eigenvalue weighted by atomic mass is 9.67. The molecule has 0 aromatic rings. The highest BCUT2D eigenvalue weighted by Gasteiger charge is 2.64. The summed E-state index contributed by atoms with van der Waals surface area (Å²) in [5.74, 6) is -0.129. The van der Waals surface area contributed by atoms with Gasteiger partial charge in [-0.15, -0.1) is 0 Å². The van der Waals surface area contributed by atoms with Crippen molar-refractivity contribution in [2.75, 3.05) is 13.7 Å². The Labute approximate surface area is 113 Å². The normalized spacial score (nSPS) is 32.1. The first kappa shape index (κ1) is 12.8. The van der Waals surface area contributed by atoms with E-state index in [1.807, 2.05) is 13.0 Å². The highest BCUT2D eigenvalue weighted by Crippen LogP contribution is 2.64. The van der Waals surface area contributed by atoms with Crippen LogP contribution in [0.15, 0.2) is 33.9 Å². The van der Waals surface area contributed by atoms with Crippen molar-refractivity contribution in [2.24, 2.45) is 5.41 Å². The maximum absolute atomic E-state index is 12.6. The average molecular weight is 260 g/mol. The van der Waals surface area contributed by atoms with Crippen LogP contribution >= 0.6 is 0 Å². The third kappa shape index (κ3) is 1.37. The Morgan fingerprint density at radius 2 is 2.00 bits per heavy atom. The van der Waals surface area contributed by atoms with E-state index < -0.39 is 5.60 Å². The molecule has 1 atom stereocenters. The summed E-state index contributed by atoms with van der Waals surface area (Å²) < 4.78 is 5.27. The summed E-state index contributed by atoms with van der Waals surface area (Å²) in [5.41, 5.74) is 3.46. The average Bonchev–Trinajstić information content (AvgIpc) is 3.10. The van der Waals surface area contributed by atoms with Gasteiger partial charge in [0, 0.05) is 18.1 Å². The van der Waals surface area contributed by atoms with Gasteiger partial charge < -0.3 is 9.84 Å². The van der Waals surface area contributed by atoms with Crippen molar-refractivity contribution >= 4 is 5.78 Å². The zero-order valence-corrected chi connectivity index (χ0v) is 12.0. The van der Waals surface area contributed by atoms with Gasteiger partial charge in [0.15, 0.2) is 5.78 Å². The molecular weight excluding hydrogens is 240 g/mol. The topological polar surface area (TPSA) is 46.5 Å². The van der Waals surface area contributed by atoms with Crippen LogP contribution in [-0.2, 0) is 9.53 Å². The molecule has 1 fully saturated rings. The standard InChI is InChI=1S/C16H20O3/c1-9-7-11-13(12(9)8-19-4)10(2)16(5-6-16)15(3,18)14(11)17/h7,18H,5-6,8H2,1-4H3/t15-/m0/s1. The van der Waals surface area contributed by atoms with Crippen molar-refractivity contribution in [3.8, 4) is 0 Å². The number of hydrogen-bond acceptors (Lipinski definition) is 3. The largest absolute Gasteiger partial charge is 0.381 e. The molecule has 1 saturated carbocycles. The lowest BCUT2D eigenvalue weighted by molar-refractivity contribution is -0.137. The first-order valence-corrected chi connectivity index (χ1v) is 6.76. The summed E-state index contributed by atoms with van der Waals surface area (Å²) in [6.45, 7) is 6.25. The van der Waals surface area contributed by atoms with Crippen LogP contribution in [0, 0.1) is 5.41 Å². The zero-order valence-electron chi connectivity index (χ0n) is 12.0. The molecule has 0 heterocycles. The zero-order chi connectivity index (χ0) is 14.0. The molecule has 102 valence electrons. The molecule has 1 N–H and O–H groups in total. The summed E-state index contributed by atoms with van der Waals surface area (Å²) in [7, 11) is 1.67. The highest BCUT2D eigenvalue weighted by atomic mass is 16.5. The van der Waals surface area contributed by atoms with Gasteiger partial charge in [0.25, 0.3) is 0 Å². The number of fused-ring (bicyclic) bond motifs is 1. The number of methoxy groups -OCH3 is 1. The monoisotopic (exact) mass is 260 g/mol. The third-order valence-corrected chi connectivity index (χ3v) is 5.16. The summed E-state index contributed by atoms with van der Waals surface area (Å²) in [4.78, 5) is 12.6. The van der Waals surface area contributed by atoms with Crippen LogP contribution in [0.2, 0.25) is 0 Å². The maximum Gasteiger partial charge on any atom is 0.195 e. The summed E-state index contributed by atoms with van der Waals surface area (Å²) >= 11 is 0. The van der Waals surface area contributed by atoms with Crippen molar-refractivity contribution in [2.45, 2.75) is 39.2 Å². The number of allylic oxidation sites excluding steroid dienone is 2. The number of carbonyl (C=O) groups excluding carboxylic acids is 1. The van der Waals surface area contributed by atoms with E-state index >= 15 is 0 Å². The molecule has 0 unspecified atom stereocenters. The van der Waals surface area contributed by atoms with E-state index in [0.717, 1.165) is 35.1 Å². The summed E-state index contributed by atoms with van der Waals surface area (Å²) in [6.07, 6.45) is 3.69. The van der Waals surface area contributed by atoms with E-state index in [1.165, 1.54) is 0 Å². The number of Topliss-reactive ketones (excluding diaryl/α,β-unsaturated/α-hetero) is 1. The Bertz CT molecular complexity index is 569. The van der Waals surface area contributed by atoms with Crippen molar-refractivity contribution < 1.29 is 14.6 Å². The molecule has 0 bridgehead atoms. The van der Waals surface area contributed by atoms with Crippen molar-refractivity contribution in [1.29, 1.82) is 0 Å². The van der Waals surface area contributed by atoms with Gasteiger partial charge in [-0.25, -0.2) is 0 Å². The number of rotatable bonds is 2. The van der Waals surface area contributed by atoms with Crippen molar-refractivity contribution in [3.63, 3.8) is 0 Å². The molecule has 0 saturated heterocycles. The van der Waals surface area contributed by atoms with Gasteiger partial charge in [0.2, 0.25) is 0 Å². The fourth-order valence-corrected chi connectivity index (χ4v) is 3.74. The molecule has 0 aliphatic heterocycles. The third-order valence-electron chi connectivity index (χ3n) is 5.16. The summed E-state index contributed by atoms with van der Waals surface area (Å²) in [5, 5.41) is 10.7. The number of ketones is 1. The van der Waals surface area contributed by atoms with E-state index in [1.54, 1.807) is 14.0 Å². The molecule has 3 nitrogen and oxygen atoms in total. The molecule has 3 aliphatic rings. The Kier molecular flexibility index (Phi) is 2.48. The van der Waals surface area contributed by atoms with Crippen LogP contribution in [0.1, 0.15) is 33.6 Å². The molecular formula is C16H20O3. The maximum atomic E-state index is 12.6. The molecule has 0 amide bonds. The van der Waals surface area contributed by atoms with Gasteiger partial charge in [-0.3, -0.25) is 4.79 Å². The fourth-order valence-electron chi connectivity index (χ4n) is 3.74. The fraction of sp³-hybridized carbons (Fsp3) is 0.562. The van der Waals surface area contributed by atoms with Crippen molar-refractivity contribution in [3.05, 3.63) is 33.9 Å². The molecule has 0 radical (unpaired) electrons. The Morgan fingerprint density at radius 1 is 1.37 bits per heavy atom. The second-order valence-electron chi connectivity index (χ2n) is 6.14. The number of aliphatic hydroxyl groups is 1. The number of hydrogen-bond donors (Lipinski definition) is 1. The SMILES string of the molecule is COCC1=C(C)C=C2C(=O)[C@](C)(O)C3(CC3)C(C)=C21. The van der Waals surface area contributed by atoms with Gasteiger partial charge in [0.1, 0.15) is 5.60 Å². The van der Waals surface area contributed by atoms with Crippen LogP contribution in [0.5, 0.6) is 0 Å². The second-order valence-corrected chi connectivity index (χ2v) is 6.14. The van der Waals surface area contributed by atoms with E-state index in [2.05, 4.69) is 6.92 Å². The van der Waals surface area contributed by atoms with Crippen LogP contribution < -0.4 is 0 Å². The van der Waals surface area contributed by atoms with E-state index in [0.29, 0.717) is 12.2 Å². The predicted molar refractivity (Wildman–Crippen MR) is 72.7 cm³/mol.